The second kappa shape index (κ2) is 8.25. The SMILES string of the molecule is CSC[C@](C)(O)CNC(=O)[C@@H](C(C)C)N1CCCCC1. The van der Waals surface area contributed by atoms with Crippen LogP contribution in [0.15, 0.2) is 0 Å². The number of carbonyl (C=O) groups is 1. The van der Waals surface area contributed by atoms with Gasteiger partial charge in [0.05, 0.1) is 11.6 Å². The third-order valence-corrected chi connectivity index (χ3v) is 4.69. The van der Waals surface area contributed by atoms with E-state index >= 15 is 0 Å². The Morgan fingerprint density at radius 2 is 1.95 bits per heavy atom. The molecular weight excluding hydrogens is 272 g/mol. The lowest BCUT2D eigenvalue weighted by Gasteiger charge is -2.36. The Morgan fingerprint density at radius 1 is 1.35 bits per heavy atom. The largest absolute Gasteiger partial charge is 0.387 e. The molecule has 0 unspecified atom stereocenters. The highest BCUT2D eigenvalue weighted by molar-refractivity contribution is 7.98. The van der Waals surface area contributed by atoms with Crippen molar-refractivity contribution >= 4 is 17.7 Å². The standard InChI is InChI=1S/C15H30N2O2S/c1-12(2)13(17-8-6-5-7-9-17)14(18)16-10-15(3,19)11-20-4/h12-13,19H,5-11H2,1-4H3,(H,16,18)/t13-,15-/m1/s1. The summed E-state index contributed by atoms with van der Waals surface area (Å²) in [5.74, 6) is 0.977. The highest BCUT2D eigenvalue weighted by Gasteiger charge is 2.31. The lowest BCUT2D eigenvalue weighted by Crippen LogP contribution is -2.54. The maximum atomic E-state index is 12.5. The molecule has 0 aromatic carbocycles. The van der Waals surface area contributed by atoms with Crippen molar-refractivity contribution < 1.29 is 9.90 Å². The zero-order valence-corrected chi connectivity index (χ0v) is 14.1. The van der Waals surface area contributed by atoms with Crippen LogP contribution in [0.1, 0.15) is 40.0 Å². The molecule has 5 heteroatoms. The van der Waals surface area contributed by atoms with Crippen molar-refractivity contribution in [3.05, 3.63) is 0 Å². The number of carbonyl (C=O) groups excluding carboxylic acids is 1. The van der Waals surface area contributed by atoms with Gasteiger partial charge in [0.15, 0.2) is 0 Å². The van der Waals surface area contributed by atoms with Crippen molar-refractivity contribution in [2.24, 2.45) is 5.92 Å². The number of aliphatic hydroxyl groups is 1. The lowest BCUT2D eigenvalue weighted by atomic mass is 9.98. The van der Waals surface area contributed by atoms with Crippen LogP contribution in [0.4, 0.5) is 0 Å². The van der Waals surface area contributed by atoms with E-state index in [0.29, 0.717) is 18.2 Å². The average Bonchev–Trinajstić information content (AvgIpc) is 2.37. The summed E-state index contributed by atoms with van der Waals surface area (Å²) in [6.07, 6.45) is 5.59. The maximum absolute atomic E-state index is 12.5. The number of likely N-dealkylation sites (tertiary alicyclic amines) is 1. The monoisotopic (exact) mass is 302 g/mol. The van der Waals surface area contributed by atoms with E-state index in [1.807, 2.05) is 6.26 Å². The maximum Gasteiger partial charge on any atom is 0.237 e. The second-order valence-electron chi connectivity index (χ2n) is 6.43. The van der Waals surface area contributed by atoms with Gasteiger partial charge in [-0.15, -0.1) is 0 Å². The molecule has 0 radical (unpaired) electrons. The van der Waals surface area contributed by atoms with E-state index in [9.17, 15) is 9.90 Å². The number of nitrogens with one attached hydrogen (secondary N) is 1. The summed E-state index contributed by atoms with van der Waals surface area (Å²) in [5.41, 5.74) is -0.835. The predicted octanol–water partition coefficient (Wildman–Crippen LogP) is 1.73. The van der Waals surface area contributed by atoms with Crippen LogP contribution >= 0.6 is 11.8 Å². The minimum atomic E-state index is -0.835. The molecule has 1 aliphatic rings. The van der Waals surface area contributed by atoms with Crippen molar-refractivity contribution in [1.29, 1.82) is 0 Å². The van der Waals surface area contributed by atoms with Crippen LogP contribution in [0, 0.1) is 5.92 Å². The molecule has 118 valence electrons. The van der Waals surface area contributed by atoms with Crippen LogP contribution in [0.5, 0.6) is 0 Å². The van der Waals surface area contributed by atoms with E-state index in [2.05, 4.69) is 24.1 Å². The van der Waals surface area contributed by atoms with Crippen molar-refractivity contribution in [1.82, 2.24) is 10.2 Å². The van der Waals surface area contributed by atoms with Gasteiger partial charge in [-0.1, -0.05) is 20.3 Å². The second-order valence-corrected chi connectivity index (χ2v) is 7.30. The summed E-state index contributed by atoms with van der Waals surface area (Å²) in [6.45, 7) is 8.31. The minimum absolute atomic E-state index is 0.0586. The Balaban J connectivity index is 2.56. The van der Waals surface area contributed by atoms with Gasteiger partial charge in [0.2, 0.25) is 5.91 Å². The van der Waals surface area contributed by atoms with Crippen LogP contribution < -0.4 is 5.32 Å². The quantitative estimate of drug-likeness (QED) is 0.752. The highest BCUT2D eigenvalue weighted by atomic mass is 32.2. The van der Waals surface area contributed by atoms with Crippen molar-refractivity contribution in [3.63, 3.8) is 0 Å². The molecule has 1 heterocycles. The van der Waals surface area contributed by atoms with Gasteiger partial charge in [-0.25, -0.2) is 0 Å². The third kappa shape index (κ3) is 5.62. The molecule has 0 bridgehead atoms. The van der Waals surface area contributed by atoms with Gasteiger partial charge >= 0.3 is 0 Å². The van der Waals surface area contributed by atoms with Crippen molar-refractivity contribution in [2.45, 2.75) is 51.7 Å². The third-order valence-electron chi connectivity index (χ3n) is 3.78. The normalized spacial score (nSPS) is 21.5. The summed E-state index contributed by atoms with van der Waals surface area (Å²) in [7, 11) is 0. The molecular formula is C15H30N2O2S. The molecule has 0 aromatic heterocycles. The number of thioether (sulfide) groups is 1. The number of rotatable bonds is 7. The van der Waals surface area contributed by atoms with Crippen LogP contribution in [0.25, 0.3) is 0 Å². The molecule has 0 aromatic rings. The van der Waals surface area contributed by atoms with Crippen LogP contribution in [0.2, 0.25) is 0 Å². The van der Waals surface area contributed by atoms with E-state index in [-0.39, 0.29) is 11.9 Å². The molecule has 4 nitrogen and oxygen atoms in total. The Morgan fingerprint density at radius 3 is 2.45 bits per heavy atom. The fourth-order valence-electron chi connectivity index (χ4n) is 2.83. The van der Waals surface area contributed by atoms with Gasteiger partial charge in [-0.3, -0.25) is 9.69 Å². The molecule has 2 N–H and O–H groups in total. The number of piperidine rings is 1. The smallest absolute Gasteiger partial charge is 0.237 e. The molecule has 1 rings (SSSR count). The van der Waals surface area contributed by atoms with E-state index in [1.165, 1.54) is 19.3 Å². The van der Waals surface area contributed by atoms with E-state index in [0.717, 1.165) is 13.1 Å². The van der Waals surface area contributed by atoms with Crippen molar-refractivity contribution in [3.8, 4) is 0 Å². The Labute approximate surface area is 127 Å². The topological polar surface area (TPSA) is 52.6 Å². The first kappa shape index (κ1) is 17.8. The van der Waals surface area contributed by atoms with E-state index in [4.69, 9.17) is 0 Å². The summed E-state index contributed by atoms with van der Waals surface area (Å²) >= 11 is 1.59. The predicted molar refractivity (Wildman–Crippen MR) is 86.1 cm³/mol. The molecule has 1 aliphatic heterocycles. The molecule has 2 atom stereocenters. The van der Waals surface area contributed by atoms with Gasteiger partial charge in [-0.05, 0) is 45.0 Å². The van der Waals surface area contributed by atoms with Gasteiger partial charge < -0.3 is 10.4 Å². The zero-order valence-electron chi connectivity index (χ0n) is 13.3. The van der Waals surface area contributed by atoms with Gasteiger partial charge in [0.25, 0.3) is 0 Å². The number of amides is 1. The molecule has 0 aliphatic carbocycles. The highest BCUT2D eigenvalue weighted by Crippen LogP contribution is 2.18. The first-order valence-corrected chi connectivity index (χ1v) is 9.00. The zero-order chi connectivity index (χ0) is 15.2. The molecule has 20 heavy (non-hydrogen) atoms. The molecule has 0 spiro atoms. The van der Waals surface area contributed by atoms with Gasteiger partial charge in [0.1, 0.15) is 0 Å². The number of hydrogen-bond acceptors (Lipinski definition) is 4. The first-order valence-electron chi connectivity index (χ1n) is 7.60. The van der Waals surface area contributed by atoms with Crippen molar-refractivity contribution in [2.75, 3.05) is 31.6 Å². The minimum Gasteiger partial charge on any atom is -0.387 e. The summed E-state index contributed by atoms with van der Waals surface area (Å²) in [4.78, 5) is 14.8. The summed E-state index contributed by atoms with van der Waals surface area (Å²) in [5, 5.41) is 13.1. The molecule has 1 fully saturated rings. The fraction of sp³-hybridized carbons (Fsp3) is 0.933. The molecule has 1 saturated heterocycles. The Bertz CT molecular complexity index is 302. The summed E-state index contributed by atoms with van der Waals surface area (Å²) < 4.78 is 0. The average molecular weight is 302 g/mol. The van der Waals surface area contributed by atoms with E-state index < -0.39 is 5.60 Å². The first-order chi connectivity index (χ1) is 9.37. The summed E-state index contributed by atoms with van der Waals surface area (Å²) in [6, 6.07) is -0.0691. The Hall–Kier alpha value is -0.260. The van der Waals surface area contributed by atoms with Crippen LogP contribution in [-0.2, 0) is 4.79 Å². The van der Waals surface area contributed by atoms with Crippen LogP contribution in [0.3, 0.4) is 0 Å². The van der Waals surface area contributed by atoms with Gasteiger partial charge in [0, 0.05) is 12.3 Å². The number of hydrogen-bond donors (Lipinski definition) is 2. The molecule has 1 amide bonds. The van der Waals surface area contributed by atoms with Crippen LogP contribution in [-0.4, -0.2) is 59.2 Å². The lowest BCUT2D eigenvalue weighted by molar-refractivity contribution is -0.129. The number of nitrogens with zero attached hydrogens (tertiary/aromatic N) is 1. The fourth-order valence-corrected chi connectivity index (χ4v) is 3.55. The van der Waals surface area contributed by atoms with Gasteiger partial charge in [-0.2, -0.15) is 11.8 Å². The van der Waals surface area contributed by atoms with E-state index in [1.54, 1.807) is 18.7 Å². The molecule has 0 saturated carbocycles. The Kier molecular flexibility index (Phi) is 7.34.